The minimum Gasteiger partial charge on any atom is -0.379 e. The molecule has 1 unspecified atom stereocenters. The lowest BCUT2D eigenvalue weighted by Gasteiger charge is -2.27. The summed E-state index contributed by atoms with van der Waals surface area (Å²) >= 11 is 2.65. The normalized spacial score (nSPS) is 15.5. The Morgan fingerprint density at radius 3 is 2.49 bits per heavy atom. The van der Waals surface area contributed by atoms with Gasteiger partial charge in [-0.1, -0.05) is 46.9 Å². The van der Waals surface area contributed by atoms with Gasteiger partial charge in [0, 0.05) is 24.5 Å². The van der Waals surface area contributed by atoms with Crippen LogP contribution in [0.25, 0.3) is 0 Å². The molecule has 2 aromatic carbocycles. The first-order valence-electron chi connectivity index (χ1n) is 11.1. The van der Waals surface area contributed by atoms with Crippen LogP contribution in [0.4, 0.5) is 16.5 Å². The fourth-order valence-corrected chi connectivity index (χ4v) is 6.97. The van der Waals surface area contributed by atoms with Gasteiger partial charge in [-0.2, -0.15) is 4.31 Å². The molecule has 1 aromatic heterocycles. The van der Waals surface area contributed by atoms with E-state index in [-0.39, 0.29) is 10.8 Å². The number of nitrogens with zero attached hydrogens (tertiary/aromatic N) is 3. The van der Waals surface area contributed by atoms with Crippen LogP contribution in [0.5, 0.6) is 0 Å². The fourth-order valence-electron chi connectivity index (χ4n) is 3.40. The number of amides is 1. The molecule has 1 aliphatic heterocycles. The molecule has 2 heterocycles. The molecule has 0 spiro atoms. The van der Waals surface area contributed by atoms with Gasteiger partial charge in [0.15, 0.2) is 4.34 Å². The average Bonchev–Trinajstić information content (AvgIpc) is 3.28. The lowest BCUT2D eigenvalue weighted by Crippen LogP contribution is -2.40. The highest BCUT2D eigenvalue weighted by Crippen LogP contribution is 2.31. The highest BCUT2D eigenvalue weighted by molar-refractivity contribution is 8.02. The Hall–Kier alpha value is -2.51. The zero-order valence-electron chi connectivity index (χ0n) is 19.6. The molecule has 1 aliphatic rings. The van der Waals surface area contributed by atoms with Crippen molar-refractivity contribution in [2.24, 2.45) is 0 Å². The van der Waals surface area contributed by atoms with Crippen molar-refractivity contribution in [2.75, 3.05) is 36.9 Å². The Balaban J connectivity index is 1.39. The van der Waals surface area contributed by atoms with Crippen LogP contribution < -0.4 is 10.6 Å². The number of thioether (sulfide) groups is 1. The summed E-state index contributed by atoms with van der Waals surface area (Å²) in [6.45, 7) is 6.91. The Morgan fingerprint density at radius 2 is 1.77 bits per heavy atom. The van der Waals surface area contributed by atoms with Gasteiger partial charge in [0.25, 0.3) is 0 Å². The maximum atomic E-state index is 13.1. The first-order chi connectivity index (χ1) is 16.7. The maximum absolute atomic E-state index is 13.1. The van der Waals surface area contributed by atoms with Gasteiger partial charge in [-0.25, -0.2) is 8.42 Å². The van der Waals surface area contributed by atoms with Crippen LogP contribution in [0.1, 0.15) is 18.1 Å². The minimum atomic E-state index is -3.67. The van der Waals surface area contributed by atoms with E-state index in [1.165, 1.54) is 39.0 Å². The van der Waals surface area contributed by atoms with Gasteiger partial charge in [0.2, 0.25) is 21.1 Å². The molecular weight excluding hydrogens is 506 g/mol. The molecule has 2 N–H and O–H groups in total. The van der Waals surface area contributed by atoms with Crippen molar-refractivity contribution in [1.82, 2.24) is 14.5 Å². The Kier molecular flexibility index (Phi) is 8.07. The van der Waals surface area contributed by atoms with Crippen LogP contribution in [-0.4, -0.2) is 60.4 Å². The predicted octanol–water partition coefficient (Wildman–Crippen LogP) is 4.04. The summed E-state index contributed by atoms with van der Waals surface area (Å²) in [5.74, 6) is -0.253. The van der Waals surface area contributed by atoms with Crippen LogP contribution in [0.3, 0.4) is 0 Å². The Labute approximate surface area is 213 Å². The van der Waals surface area contributed by atoms with E-state index in [1.807, 2.05) is 31.2 Å². The number of hydrogen-bond acceptors (Lipinski definition) is 9. The number of aromatic nitrogens is 2. The summed E-state index contributed by atoms with van der Waals surface area (Å²) in [4.78, 5) is 13.0. The number of aryl methyl sites for hydroxylation is 2. The van der Waals surface area contributed by atoms with Crippen molar-refractivity contribution in [1.29, 1.82) is 0 Å². The van der Waals surface area contributed by atoms with E-state index < -0.39 is 15.3 Å². The number of benzene rings is 2. The van der Waals surface area contributed by atoms with E-state index >= 15 is 0 Å². The summed E-state index contributed by atoms with van der Waals surface area (Å²) in [5, 5.41) is 14.5. The third-order valence-corrected chi connectivity index (χ3v) is 9.46. The molecule has 35 heavy (non-hydrogen) atoms. The summed E-state index contributed by atoms with van der Waals surface area (Å²) < 4.78 is 33.6. The quantitative estimate of drug-likeness (QED) is 0.417. The van der Waals surface area contributed by atoms with E-state index in [0.29, 0.717) is 47.0 Å². The molecule has 3 aromatic rings. The lowest BCUT2D eigenvalue weighted by atomic mass is 10.2. The van der Waals surface area contributed by atoms with Crippen LogP contribution >= 0.6 is 23.1 Å². The van der Waals surface area contributed by atoms with Gasteiger partial charge in [-0.3, -0.25) is 4.79 Å². The minimum absolute atomic E-state index is 0.188. The van der Waals surface area contributed by atoms with Crippen molar-refractivity contribution in [3.8, 4) is 0 Å². The second-order valence-electron chi connectivity index (χ2n) is 8.11. The number of anilines is 3. The SMILES string of the molecule is Cc1ccc(Nc2nnc(SC(C)C(=O)Nc3ccc(C)c(S(=O)(=O)N4CCOCC4)c3)s2)cc1. The second-order valence-corrected chi connectivity index (χ2v) is 12.6. The van der Waals surface area contributed by atoms with Crippen molar-refractivity contribution in [3.05, 3.63) is 53.6 Å². The van der Waals surface area contributed by atoms with E-state index in [2.05, 4.69) is 20.8 Å². The van der Waals surface area contributed by atoms with Gasteiger partial charge in [-0.15, -0.1) is 10.2 Å². The number of morpholine rings is 1. The topological polar surface area (TPSA) is 114 Å². The van der Waals surface area contributed by atoms with E-state index in [9.17, 15) is 13.2 Å². The van der Waals surface area contributed by atoms with Crippen molar-refractivity contribution >= 4 is 55.5 Å². The van der Waals surface area contributed by atoms with Gasteiger partial charge in [-0.05, 0) is 50.6 Å². The summed E-state index contributed by atoms with van der Waals surface area (Å²) in [5.41, 5.74) is 3.14. The average molecular weight is 534 g/mol. The van der Waals surface area contributed by atoms with Crippen molar-refractivity contribution < 1.29 is 17.9 Å². The second kappa shape index (κ2) is 11.0. The third-order valence-electron chi connectivity index (χ3n) is 5.40. The number of sulfonamides is 1. The molecule has 186 valence electrons. The van der Waals surface area contributed by atoms with Gasteiger partial charge < -0.3 is 15.4 Å². The van der Waals surface area contributed by atoms with Crippen LogP contribution in [0.2, 0.25) is 0 Å². The smallest absolute Gasteiger partial charge is 0.243 e. The standard InChI is InChI=1S/C23H27N5O4S3/c1-15-4-7-18(8-5-15)25-22-26-27-23(34-22)33-17(3)21(29)24-19-9-6-16(2)20(14-19)35(30,31)28-10-12-32-13-11-28/h4-9,14,17H,10-13H2,1-3H3,(H,24,29)(H,25,26). The maximum Gasteiger partial charge on any atom is 0.243 e. The molecule has 0 bridgehead atoms. The van der Waals surface area contributed by atoms with Crippen molar-refractivity contribution in [2.45, 2.75) is 35.3 Å². The molecule has 4 rings (SSSR count). The number of ether oxygens (including phenoxy) is 1. The third kappa shape index (κ3) is 6.39. The predicted molar refractivity (Wildman–Crippen MR) is 139 cm³/mol. The zero-order chi connectivity index (χ0) is 25.0. The highest BCUT2D eigenvalue weighted by Gasteiger charge is 2.28. The number of nitrogens with one attached hydrogen (secondary N) is 2. The highest BCUT2D eigenvalue weighted by atomic mass is 32.2. The van der Waals surface area contributed by atoms with Crippen LogP contribution in [-0.2, 0) is 19.6 Å². The first kappa shape index (κ1) is 25.6. The van der Waals surface area contributed by atoms with Crippen molar-refractivity contribution in [3.63, 3.8) is 0 Å². The lowest BCUT2D eigenvalue weighted by molar-refractivity contribution is -0.115. The van der Waals surface area contributed by atoms with E-state index in [0.717, 1.165) is 5.69 Å². The molecule has 9 nitrogen and oxygen atoms in total. The molecule has 1 fully saturated rings. The summed E-state index contributed by atoms with van der Waals surface area (Å²) in [6.07, 6.45) is 0. The number of carbonyl (C=O) groups is 1. The largest absolute Gasteiger partial charge is 0.379 e. The molecule has 0 aliphatic carbocycles. The first-order valence-corrected chi connectivity index (χ1v) is 14.2. The summed E-state index contributed by atoms with van der Waals surface area (Å²) in [7, 11) is -3.67. The Morgan fingerprint density at radius 1 is 1.09 bits per heavy atom. The fraction of sp³-hybridized carbons (Fsp3) is 0.348. The monoisotopic (exact) mass is 533 g/mol. The molecule has 1 amide bonds. The molecule has 0 radical (unpaired) electrons. The van der Waals surface area contributed by atoms with Gasteiger partial charge in [0.1, 0.15) is 0 Å². The molecule has 0 saturated carbocycles. The molecular formula is C23H27N5O4S3. The van der Waals surface area contributed by atoms with Gasteiger partial charge >= 0.3 is 0 Å². The zero-order valence-corrected chi connectivity index (χ0v) is 22.1. The number of carbonyl (C=O) groups excluding carboxylic acids is 1. The molecule has 12 heteroatoms. The number of rotatable bonds is 8. The summed E-state index contributed by atoms with van der Waals surface area (Å²) in [6, 6.07) is 12.9. The van der Waals surface area contributed by atoms with E-state index in [1.54, 1.807) is 26.0 Å². The number of hydrogen-bond donors (Lipinski definition) is 2. The van der Waals surface area contributed by atoms with E-state index in [4.69, 9.17) is 4.74 Å². The Bertz CT molecular complexity index is 1290. The van der Waals surface area contributed by atoms with Crippen LogP contribution in [0.15, 0.2) is 51.7 Å². The molecule has 1 saturated heterocycles. The molecule has 1 atom stereocenters. The van der Waals surface area contributed by atoms with Gasteiger partial charge in [0.05, 0.1) is 23.4 Å². The van der Waals surface area contributed by atoms with Crippen LogP contribution in [0, 0.1) is 13.8 Å².